The molecule has 0 radical (unpaired) electrons. The predicted octanol–water partition coefficient (Wildman–Crippen LogP) is 3.63. The lowest BCUT2D eigenvalue weighted by atomic mass is 9.80. The van der Waals surface area contributed by atoms with Gasteiger partial charge in [-0.15, -0.1) is 0 Å². The van der Waals surface area contributed by atoms with Crippen LogP contribution in [0.3, 0.4) is 0 Å². The van der Waals surface area contributed by atoms with Crippen LogP contribution in [-0.2, 0) is 0 Å². The Bertz CT molecular complexity index is 466. The summed E-state index contributed by atoms with van der Waals surface area (Å²) >= 11 is 0. The zero-order valence-electron chi connectivity index (χ0n) is 14.9. The quantitative estimate of drug-likeness (QED) is 0.595. The largest absolute Gasteiger partial charge is 0.297 e. The van der Waals surface area contributed by atoms with Gasteiger partial charge in [-0.1, -0.05) is 32.9 Å². The van der Waals surface area contributed by atoms with Gasteiger partial charge in [0.05, 0.1) is 6.04 Å². The average molecular weight is 291 g/mol. The van der Waals surface area contributed by atoms with Crippen LogP contribution < -0.4 is 11.3 Å². The highest BCUT2D eigenvalue weighted by Gasteiger charge is 2.38. The van der Waals surface area contributed by atoms with Gasteiger partial charge in [-0.2, -0.15) is 0 Å². The topological polar surface area (TPSA) is 41.3 Å². The number of nitrogens with one attached hydrogen (secondary N) is 1. The van der Waals surface area contributed by atoms with Gasteiger partial charge in [0, 0.05) is 5.54 Å². The third-order valence-electron chi connectivity index (χ3n) is 5.18. The third kappa shape index (κ3) is 3.47. The van der Waals surface area contributed by atoms with Crippen molar-refractivity contribution in [2.24, 2.45) is 5.84 Å². The van der Waals surface area contributed by atoms with Gasteiger partial charge in [0.1, 0.15) is 0 Å². The molecule has 0 amide bonds. The van der Waals surface area contributed by atoms with Crippen molar-refractivity contribution < 1.29 is 0 Å². The van der Waals surface area contributed by atoms with Crippen LogP contribution in [-0.4, -0.2) is 23.5 Å². The van der Waals surface area contributed by atoms with Crippen molar-refractivity contribution in [1.82, 2.24) is 10.3 Å². The van der Waals surface area contributed by atoms with Crippen LogP contribution in [0.25, 0.3) is 0 Å². The van der Waals surface area contributed by atoms with Crippen LogP contribution in [0, 0.1) is 20.8 Å². The van der Waals surface area contributed by atoms with Crippen molar-refractivity contribution in [3.8, 4) is 0 Å². The Morgan fingerprint density at radius 3 is 2.00 bits per heavy atom. The molecule has 2 unspecified atom stereocenters. The van der Waals surface area contributed by atoms with Crippen LogP contribution in [0.1, 0.15) is 62.4 Å². The smallest absolute Gasteiger partial charge is 0.0643 e. The van der Waals surface area contributed by atoms with E-state index in [-0.39, 0.29) is 11.6 Å². The van der Waals surface area contributed by atoms with E-state index in [0.717, 1.165) is 19.5 Å². The number of benzene rings is 1. The van der Waals surface area contributed by atoms with Crippen molar-refractivity contribution in [2.45, 2.75) is 66.5 Å². The minimum Gasteiger partial charge on any atom is -0.297 e. The Labute approximate surface area is 130 Å². The zero-order valence-corrected chi connectivity index (χ0v) is 14.9. The molecule has 1 aromatic rings. The molecule has 3 heteroatoms. The second kappa shape index (κ2) is 7.39. The summed E-state index contributed by atoms with van der Waals surface area (Å²) in [5.41, 5.74) is 8.41. The molecule has 0 heterocycles. The molecule has 0 aliphatic heterocycles. The van der Waals surface area contributed by atoms with Crippen molar-refractivity contribution in [3.05, 3.63) is 34.4 Å². The normalized spacial score (nSPS) is 16.0. The van der Waals surface area contributed by atoms with E-state index in [9.17, 15) is 0 Å². The molecule has 3 N–H and O–H groups in total. The maximum absolute atomic E-state index is 5.99. The van der Waals surface area contributed by atoms with Crippen molar-refractivity contribution in [3.63, 3.8) is 0 Å². The van der Waals surface area contributed by atoms with Gasteiger partial charge in [0.2, 0.25) is 0 Å². The van der Waals surface area contributed by atoms with Gasteiger partial charge in [0.25, 0.3) is 0 Å². The van der Waals surface area contributed by atoms with Crippen molar-refractivity contribution in [2.75, 3.05) is 13.1 Å². The molecule has 1 rings (SSSR count). The van der Waals surface area contributed by atoms with E-state index in [1.807, 2.05) is 0 Å². The highest BCUT2D eigenvalue weighted by Crippen LogP contribution is 2.36. The number of nitrogens with zero attached hydrogens (tertiary/aromatic N) is 1. The lowest BCUT2D eigenvalue weighted by molar-refractivity contribution is 0.0696. The Morgan fingerprint density at radius 1 is 1.05 bits per heavy atom. The standard InChI is InChI=1S/C18H33N3/c1-8-18(7,21(9-2)10-3)17(20-19)16-12-14(5)13(4)11-15(16)6/h11-12,17,20H,8-10,19H2,1-7H3. The maximum atomic E-state index is 5.99. The summed E-state index contributed by atoms with van der Waals surface area (Å²) in [5.74, 6) is 5.99. The fourth-order valence-electron chi connectivity index (χ4n) is 3.45. The molecule has 21 heavy (non-hydrogen) atoms. The van der Waals surface area contributed by atoms with Gasteiger partial charge in [-0.3, -0.25) is 16.2 Å². The fraction of sp³-hybridized carbons (Fsp3) is 0.667. The summed E-state index contributed by atoms with van der Waals surface area (Å²) in [5, 5.41) is 0. The number of nitrogens with two attached hydrogens (primary N) is 1. The number of aryl methyl sites for hydroxylation is 3. The van der Waals surface area contributed by atoms with Gasteiger partial charge >= 0.3 is 0 Å². The van der Waals surface area contributed by atoms with E-state index in [1.165, 1.54) is 22.3 Å². The second-order valence-corrected chi connectivity index (χ2v) is 6.28. The first kappa shape index (κ1) is 18.1. The molecule has 0 saturated carbocycles. The Morgan fingerprint density at radius 2 is 1.57 bits per heavy atom. The molecule has 0 bridgehead atoms. The third-order valence-corrected chi connectivity index (χ3v) is 5.18. The molecule has 3 nitrogen and oxygen atoms in total. The number of hydrogen-bond donors (Lipinski definition) is 2. The summed E-state index contributed by atoms with van der Waals surface area (Å²) in [7, 11) is 0. The molecule has 2 atom stereocenters. The van der Waals surface area contributed by atoms with Crippen molar-refractivity contribution in [1.29, 1.82) is 0 Å². The van der Waals surface area contributed by atoms with Crippen LogP contribution >= 0.6 is 0 Å². The first-order valence-corrected chi connectivity index (χ1v) is 8.14. The van der Waals surface area contributed by atoms with Gasteiger partial charge < -0.3 is 0 Å². The average Bonchev–Trinajstić information content (AvgIpc) is 2.46. The molecule has 120 valence electrons. The van der Waals surface area contributed by atoms with E-state index >= 15 is 0 Å². The van der Waals surface area contributed by atoms with Crippen LogP contribution in [0.15, 0.2) is 12.1 Å². The summed E-state index contributed by atoms with van der Waals surface area (Å²) in [6.07, 6.45) is 1.05. The summed E-state index contributed by atoms with van der Waals surface area (Å²) in [6, 6.07) is 4.70. The minimum atomic E-state index is 0.00467. The molecule has 0 aliphatic rings. The van der Waals surface area contributed by atoms with E-state index in [2.05, 4.69) is 70.9 Å². The van der Waals surface area contributed by atoms with Crippen molar-refractivity contribution >= 4 is 0 Å². The van der Waals surface area contributed by atoms with Gasteiger partial charge in [0.15, 0.2) is 0 Å². The molecule has 0 aliphatic carbocycles. The van der Waals surface area contributed by atoms with Gasteiger partial charge in [-0.05, 0) is 69.5 Å². The summed E-state index contributed by atoms with van der Waals surface area (Å²) in [6.45, 7) is 17.6. The molecular formula is C18H33N3. The minimum absolute atomic E-state index is 0.00467. The molecule has 0 saturated heterocycles. The van der Waals surface area contributed by atoms with Crippen LogP contribution in [0.5, 0.6) is 0 Å². The van der Waals surface area contributed by atoms with E-state index in [4.69, 9.17) is 5.84 Å². The molecule has 1 aromatic carbocycles. The molecule has 0 aromatic heterocycles. The molecule has 0 fully saturated rings. The summed E-state index contributed by atoms with van der Waals surface area (Å²) in [4.78, 5) is 2.51. The number of likely N-dealkylation sites (N-methyl/N-ethyl adjacent to an activating group) is 1. The predicted molar refractivity (Wildman–Crippen MR) is 92.3 cm³/mol. The lowest BCUT2D eigenvalue weighted by Gasteiger charge is -2.46. The lowest BCUT2D eigenvalue weighted by Crippen LogP contribution is -2.55. The summed E-state index contributed by atoms with van der Waals surface area (Å²) < 4.78 is 0. The highest BCUT2D eigenvalue weighted by atomic mass is 15.3. The van der Waals surface area contributed by atoms with E-state index in [0.29, 0.717) is 0 Å². The highest BCUT2D eigenvalue weighted by molar-refractivity contribution is 5.39. The van der Waals surface area contributed by atoms with E-state index < -0.39 is 0 Å². The van der Waals surface area contributed by atoms with E-state index in [1.54, 1.807) is 0 Å². The second-order valence-electron chi connectivity index (χ2n) is 6.28. The van der Waals surface area contributed by atoms with Crippen LogP contribution in [0.2, 0.25) is 0 Å². The number of hydrogen-bond acceptors (Lipinski definition) is 3. The number of hydrazine groups is 1. The zero-order chi connectivity index (χ0) is 16.2. The Kier molecular flexibility index (Phi) is 6.39. The molecule has 0 spiro atoms. The number of rotatable bonds is 7. The monoisotopic (exact) mass is 291 g/mol. The fourth-order valence-corrected chi connectivity index (χ4v) is 3.45. The SMILES string of the molecule is CCN(CC)C(C)(CC)C(NN)c1cc(C)c(C)cc1C. The Hall–Kier alpha value is -0.900. The Balaban J connectivity index is 3.37. The first-order chi connectivity index (χ1) is 9.85. The van der Waals surface area contributed by atoms with Gasteiger partial charge in [-0.25, -0.2) is 0 Å². The molecular weight excluding hydrogens is 258 g/mol. The van der Waals surface area contributed by atoms with Crippen LogP contribution in [0.4, 0.5) is 0 Å². The first-order valence-electron chi connectivity index (χ1n) is 8.14. The maximum Gasteiger partial charge on any atom is 0.0643 e.